The predicted octanol–water partition coefficient (Wildman–Crippen LogP) is 14.7. The molecule has 4 aromatic carbocycles. The summed E-state index contributed by atoms with van der Waals surface area (Å²) in [6.45, 7) is 15.3. The van der Waals surface area contributed by atoms with Gasteiger partial charge in [0.25, 0.3) is 0 Å². The second-order valence-electron chi connectivity index (χ2n) is 16.6. The summed E-state index contributed by atoms with van der Waals surface area (Å²) >= 11 is 0. The Morgan fingerprint density at radius 3 is 1.24 bits per heavy atom. The fourth-order valence-corrected chi connectivity index (χ4v) is 8.56. The Labute approximate surface area is 338 Å². The summed E-state index contributed by atoms with van der Waals surface area (Å²) in [6, 6.07) is 22.1. The van der Waals surface area contributed by atoms with Crippen LogP contribution in [0.5, 0.6) is 5.75 Å². The molecule has 4 aromatic rings. The molecule has 0 aliphatic rings. The zero-order chi connectivity index (χ0) is 39.4. The average Bonchev–Trinajstić information content (AvgIpc) is 3.19. The predicted molar refractivity (Wildman–Crippen MR) is 243 cm³/mol. The first-order chi connectivity index (χ1) is 27.0. The van der Waals surface area contributed by atoms with Crippen LogP contribution in [0.25, 0.3) is 32.3 Å². The molecule has 55 heavy (non-hydrogen) atoms. The van der Waals surface area contributed by atoms with Crippen LogP contribution in [0.1, 0.15) is 182 Å². The van der Waals surface area contributed by atoms with Crippen molar-refractivity contribution in [2.45, 2.75) is 182 Å². The maximum absolute atomic E-state index is 9.14. The third-order valence-electron chi connectivity index (χ3n) is 11.9. The lowest BCUT2D eigenvalue weighted by Crippen LogP contribution is -2.50. The summed E-state index contributed by atoms with van der Waals surface area (Å²) in [5, 5.41) is 24.6. The number of hydrogen-bond acceptors (Lipinski definition) is 3. The monoisotopic (exact) mass is 755 g/mol. The van der Waals surface area contributed by atoms with Crippen molar-refractivity contribution in [2.75, 3.05) is 26.2 Å². The molecule has 4 nitrogen and oxygen atoms in total. The molecule has 0 aliphatic heterocycles. The third kappa shape index (κ3) is 18.0. The Hall–Kier alpha value is -2.60. The van der Waals surface area contributed by atoms with Gasteiger partial charge in [0.1, 0.15) is 5.75 Å². The van der Waals surface area contributed by atoms with Crippen LogP contribution in [0.15, 0.2) is 66.7 Å². The number of rotatable bonds is 30. The van der Waals surface area contributed by atoms with Crippen LogP contribution in [0.3, 0.4) is 0 Å². The van der Waals surface area contributed by atoms with Crippen LogP contribution in [-0.2, 0) is 0 Å². The number of fused-ring (bicyclic) bond motifs is 4. The zero-order valence-electron chi connectivity index (χ0n) is 36.0. The quantitative estimate of drug-likeness (QED) is 0.0183. The van der Waals surface area contributed by atoms with Crippen molar-refractivity contribution in [3.63, 3.8) is 0 Å². The van der Waals surface area contributed by atoms with E-state index in [1.165, 1.54) is 190 Å². The maximum atomic E-state index is 9.14. The van der Waals surface area contributed by atoms with Crippen LogP contribution < -0.4 is 4.65 Å². The van der Waals surface area contributed by atoms with E-state index in [0.29, 0.717) is 5.75 Å². The van der Waals surface area contributed by atoms with Crippen molar-refractivity contribution >= 4 is 39.6 Å². The van der Waals surface area contributed by atoms with E-state index in [9.17, 15) is 0 Å². The second-order valence-corrected chi connectivity index (χ2v) is 16.6. The maximum Gasteiger partial charge on any atom is 0.707 e. The molecule has 0 radical (unpaired) electrons. The van der Waals surface area contributed by atoms with Gasteiger partial charge in [-0.05, 0) is 96.5 Å². The lowest BCUT2D eigenvalue weighted by Gasteiger charge is -2.40. The SMILES string of the molecule is CCCCCCCC[N+](CCCCCCCC)(CCCCCCCC)CCCCCCCC.OB(O)Oc1cccc2ccc3cc4ccccc4cc3c12. The Kier molecular flexibility index (Phi) is 24.5. The molecule has 0 fully saturated rings. The summed E-state index contributed by atoms with van der Waals surface area (Å²) in [4.78, 5) is 0. The summed E-state index contributed by atoms with van der Waals surface area (Å²) in [5.41, 5.74) is 0. The number of hydrogen-bond donors (Lipinski definition) is 2. The fourth-order valence-electron chi connectivity index (χ4n) is 8.56. The molecule has 2 N–H and O–H groups in total. The van der Waals surface area contributed by atoms with Gasteiger partial charge in [0.2, 0.25) is 0 Å². The minimum atomic E-state index is -1.83. The average molecular weight is 755 g/mol. The smallest absolute Gasteiger partial charge is 0.511 e. The summed E-state index contributed by atoms with van der Waals surface area (Å²) in [6.07, 6.45) is 34.8. The van der Waals surface area contributed by atoms with Crippen molar-refractivity contribution in [1.29, 1.82) is 0 Å². The second kappa shape index (κ2) is 28.7. The third-order valence-corrected chi connectivity index (χ3v) is 11.9. The lowest BCUT2D eigenvalue weighted by molar-refractivity contribution is -0.929. The zero-order valence-corrected chi connectivity index (χ0v) is 36.0. The van der Waals surface area contributed by atoms with E-state index in [-0.39, 0.29) is 0 Å². The highest BCUT2D eigenvalue weighted by molar-refractivity contribution is 6.34. The van der Waals surface area contributed by atoms with Gasteiger partial charge in [0.15, 0.2) is 0 Å². The largest absolute Gasteiger partial charge is 0.707 e. The van der Waals surface area contributed by atoms with Gasteiger partial charge in [0.05, 0.1) is 26.2 Å². The van der Waals surface area contributed by atoms with E-state index in [2.05, 4.69) is 58.0 Å². The first-order valence-electron chi connectivity index (χ1n) is 23.2. The highest BCUT2D eigenvalue weighted by atomic mass is 16.6. The van der Waals surface area contributed by atoms with Gasteiger partial charge in [-0.3, -0.25) is 0 Å². The van der Waals surface area contributed by atoms with Gasteiger partial charge in [-0.15, -0.1) is 0 Å². The van der Waals surface area contributed by atoms with Gasteiger partial charge in [-0.2, -0.15) is 0 Å². The number of unbranched alkanes of at least 4 members (excludes halogenated alkanes) is 20. The van der Waals surface area contributed by atoms with Gasteiger partial charge in [0, 0.05) is 5.39 Å². The molecule has 0 bridgehead atoms. The van der Waals surface area contributed by atoms with Crippen LogP contribution in [0, 0.1) is 0 Å². The van der Waals surface area contributed by atoms with Gasteiger partial charge < -0.3 is 19.2 Å². The lowest BCUT2D eigenvalue weighted by atomic mass is 9.97. The normalized spacial score (nSPS) is 11.7. The van der Waals surface area contributed by atoms with Gasteiger partial charge in [-0.1, -0.05) is 179 Å². The van der Waals surface area contributed by atoms with Crippen molar-refractivity contribution in [2.24, 2.45) is 0 Å². The fraction of sp³-hybridized carbons (Fsp3) is 0.640. The molecule has 0 amide bonds. The summed E-state index contributed by atoms with van der Waals surface area (Å²) in [7, 11) is -1.83. The Balaban J connectivity index is 0.000000315. The molecule has 0 saturated carbocycles. The Bertz CT molecular complexity index is 1490. The molecule has 306 valence electrons. The van der Waals surface area contributed by atoms with E-state index < -0.39 is 7.32 Å². The first-order valence-corrected chi connectivity index (χ1v) is 23.2. The molecule has 0 unspecified atom stereocenters. The molecular weight excluding hydrogens is 673 g/mol. The standard InChI is InChI=1S/C32H68N.C18H13BO3/c1-5-9-13-17-21-25-29-33(30-26-22-18-14-10-6-2,31-27-23-19-15-11-7-3)32-28-24-20-16-12-8-4;20-19(21)22-17-7-3-6-12-8-9-15-10-13-4-1-2-5-14(13)11-16(15)18(12)17/h5-32H2,1-4H3;1-11,20-21H/q+1;. The van der Waals surface area contributed by atoms with Crippen LogP contribution >= 0.6 is 0 Å². The summed E-state index contributed by atoms with van der Waals surface area (Å²) in [5.74, 6) is 0.466. The van der Waals surface area contributed by atoms with Crippen LogP contribution in [-0.4, -0.2) is 48.0 Å². The Morgan fingerprint density at radius 2 is 0.800 bits per heavy atom. The number of benzene rings is 4. The van der Waals surface area contributed by atoms with E-state index >= 15 is 0 Å². The van der Waals surface area contributed by atoms with E-state index in [1.807, 2.05) is 30.3 Å². The Morgan fingerprint density at radius 1 is 0.418 bits per heavy atom. The van der Waals surface area contributed by atoms with E-state index in [4.69, 9.17) is 14.7 Å². The molecule has 0 heterocycles. The minimum Gasteiger partial charge on any atom is -0.511 e. The van der Waals surface area contributed by atoms with Crippen molar-refractivity contribution in [1.82, 2.24) is 0 Å². The molecule has 5 heteroatoms. The molecular formula is C50H81BNO3+. The molecule has 0 aromatic heterocycles. The number of quaternary nitrogens is 1. The van der Waals surface area contributed by atoms with Crippen LogP contribution in [0.2, 0.25) is 0 Å². The number of nitrogens with zero attached hydrogens (tertiary/aromatic N) is 1. The first kappa shape index (κ1) is 46.8. The highest BCUT2D eigenvalue weighted by Gasteiger charge is 2.26. The topological polar surface area (TPSA) is 49.7 Å². The molecule has 0 atom stereocenters. The molecule has 0 aliphatic carbocycles. The molecule has 0 spiro atoms. The van der Waals surface area contributed by atoms with Crippen molar-refractivity contribution in [3.8, 4) is 5.75 Å². The van der Waals surface area contributed by atoms with Gasteiger partial charge in [-0.25, -0.2) is 0 Å². The van der Waals surface area contributed by atoms with E-state index in [0.717, 1.165) is 26.9 Å². The molecule has 0 saturated heterocycles. The van der Waals surface area contributed by atoms with Crippen LogP contribution in [0.4, 0.5) is 0 Å². The molecule has 4 rings (SSSR count). The van der Waals surface area contributed by atoms with Crippen molar-refractivity contribution < 1.29 is 19.2 Å². The van der Waals surface area contributed by atoms with E-state index in [1.54, 1.807) is 6.07 Å². The minimum absolute atomic E-state index is 0.466. The van der Waals surface area contributed by atoms with Crippen molar-refractivity contribution in [3.05, 3.63) is 66.7 Å². The van der Waals surface area contributed by atoms with Gasteiger partial charge >= 0.3 is 7.32 Å². The summed E-state index contributed by atoms with van der Waals surface area (Å²) < 4.78 is 6.63. The highest BCUT2D eigenvalue weighted by Crippen LogP contribution is 2.35.